The zero-order valence-electron chi connectivity index (χ0n) is 12.3. The lowest BCUT2D eigenvalue weighted by Crippen LogP contribution is -2.19. The van der Waals surface area contributed by atoms with E-state index in [9.17, 15) is 5.11 Å². The Morgan fingerprint density at radius 1 is 1.09 bits per heavy atom. The fourth-order valence-corrected chi connectivity index (χ4v) is 3.14. The van der Waals surface area contributed by atoms with Crippen LogP contribution in [0.25, 0.3) is 22.0 Å². The zero-order valence-corrected chi connectivity index (χ0v) is 12.3. The van der Waals surface area contributed by atoms with Crippen molar-refractivity contribution in [2.24, 2.45) is 0 Å². The summed E-state index contributed by atoms with van der Waals surface area (Å²) in [5.74, 6) is 0.302. The maximum atomic E-state index is 10.7. The van der Waals surface area contributed by atoms with Crippen molar-refractivity contribution in [1.82, 2.24) is 9.78 Å². The van der Waals surface area contributed by atoms with Crippen molar-refractivity contribution in [2.45, 2.75) is 25.5 Å². The average Bonchev–Trinajstić information content (AvgIpc) is 3.06. The van der Waals surface area contributed by atoms with E-state index in [0.717, 1.165) is 47.9 Å². The number of aromatic nitrogens is 2. The molecule has 3 aromatic rings. The van der Waals surface area contributed by atoms with Gasteiger partial charge < -0.3 is 9.84 Å². The molecule has 4 nitrogen and oxygen atoms in total. The summed E-state index contributed by atoms with van der Waals surface area (Å²) < 4.78 is 7.72. The van der Waals surface area contributed by atoms with Crippen molar-refractivity contribution in [1.29, 1.82) is 0 Å². The molecule has 0 aliphatic carbocycles. The maximum absolute atomic E-state index is 10.7. The van der Waals surface area contributed by atoms with Crippen LogP contribution in [-0.4, -0.2) is 21.5 Å². The van der Waals surface area contributed by atoms with Gasteiger partial charge in [0.25, 0.3) is 0 Å². The number of rotatable bonds is 2. The first kappa shape index (κ1) is 13.3. The summed E-state index contributed by atoms with van der Waals surface area (Å²) in [6.45, 7) is 0.771. The maximum Gasteiger partial charge on any atom is 0.150 e. The van der Waals surface area contributed by atoms with Crippen molar-refractivity contribution in [3.63, 3.8) is 0 Å². The van der Waals surface area contributed by atoms with Crippen LogP contribution in [0, 0.1) is 0 Å². The average molecular weight is 294 g/mol. The Morgan fingerprint density at radius 2 is 2.00 bits per heavy atom. The first-order chi connectivity index (χ1) is 10.8. The van der Waals surface area contributed by atoms with Crippen LogP contribution in [-0.2, 0) is 4.74 Å². The number of fused-ring (bicyclic) bond motifs is 1. The van der Waals surface area contributed by atoms with Crippen LogP contribution in [0.2, 0.25) is 0 Å². The van der Waals surface area contributed by atoms with E-state index in [0.29, 0.717) is 5.75 Å². The Balaban J connectivity index is 1.82. The predicted molar refractivity (Wildman–Crippen MR) is 85.7 cm³/mol. The number of phenolic OH excluding ortho intramolecular Hbond substituents is 1. The van der Waals surface area contributed by atoms with Crippen LogP contribution < -0.4 is 0 Å². The van der Waals surface area contributed by atoms with E-state index in [-0.39, 0.29) is 6.23 Å². The van der Waals surface area contributed by atoms with Crippen molar-refractivity contribution >= 4 is 10.8 Å². The molecule has 0 amide bonds. The molecule has 4 rings (SSSR count). The molecule has 2 heterocycles. The number of ether oxygens (including phenoxy) is 1. The molecule has 1 unspecified atom stereocenters. The highest BCUT2D eigenvalue weighted by atomic mass is 16.5. The second kappa shape index (κ2) is 5.46. The lowest BCUT2D eigenvalue weighted by molar-refractivity contribution is -0.0383. The number of hydrogen-bond donors (Lipinski definition) is 1. The molecule has 1 aliphatic heterocycles. The largest absolute Gasteiger partial charge is 0.507 e. The molecule has 0 spiro atoms. The van der Waals surface area contributed by atoms with E-state index < -0.39 is 0 Å². The topological polar surface area (TPSA) is 47.3 Å². The molecule has 1 N–H and O–H groups in total. The zero-order chi connectivity index (χ0) is 14.9. The van der Waals surface area contributed by atoms with Crippen LogP contribution >= 0.6 is 0 Å². The van der Waals surface area contributed by atoms with Crippen molar-refractivity contribution in [3.8, 4) is 17.0 Å². The van der Waals surface area contributed by atoms with Crippen LogP contribution in [0.15, 0.2) is 48.7 Å². The third kappa shape index (κ3) is 2.16. The minimum Gasteiger partial charge on any atom is -0.507 e. The van der Waals surface area contributed by atoms with Gasteiger partial charge >= 0.3 is 0 Å². The number of aromatic hydroxyl groups is 1. The third-order valence-electron chi connectivity index (χ3n) is 4.28. The second-order valence-electron chi connectivity index (χ2n) is 5.67. The minimum absolute atomic E-state index is 0.0374. The van der Waals surface area contributed by atoms with Gasteiger partial charge in [-0.05, 0) is 36.8 Å². The Bertz CT molecular complexity index is 804. The smallest absolute Gasteiger partial charge is 0.150 e. The summed E-state index contributed by atoms with van der Waals surface area (Å²) in [4.78, 5) is 0. The molecule has 2 aromatic carbocycles. The molecule has 0 bridgehead atoms. The summed E-state index contributed by atoms with van der Waals surface area (Å²) >= 11 is 0. The number of hydrogen-bond acceptors (Lipinski definition) is 3. The molecule has 22 heavy (non-hydrogen) atoms. The highest BCUT2D eigenvalue weighted by molar-refractivity contribution is 5.94. The predicted octanol–water partition coefficient (Wildman–Crippen LogP) is 4.11. The normalized spacial score (nSPS) is 18.6. The molecule has 112 valence electrons. The monoisotopic (exact) mass is 294 g/mol. The van der Waals surface area contributed by atoms with Gasteiger partial charge in [-0.1, -0.05) is 30.3 Å². The molecule has 1 aliphatic rings. The number of nitrogens with zero attached hydrogens (tertiary/aromatic N) is 2. The summed E-state index contributed by atoms with van der Waals surface area (Å²) in [5, 5.41) is 17.0. The van der Waals surface area contributed by atoms with Crippen molar-refractivity contribution in [2.75, 3.05) is 6.61 Å². The standard InChI is InChI=1S/C18H18N2O2/c21-18-14-6-2-1-5-13(14)8-9-15(18)16-10-11-19-20(16)17-7-3-4-12-22-17/h1-2,5-6,8-11,17,21H,3-4,7,12H2. The Morgan fingerprint density at radius 3 is 2.86 bits per heavy atom. The van der Waals surface area contributed by atoms with Gasteiger partial charge in [-0.15, -0.1) is 0 Å². The van der Waals surface area contributed by atoms with E-state index in [1.54, 1.807) is 6.20 Å². The van der Waals surface area contributed by atoms with Crippen molar-refractivity contribution in [3.05, 3.63) is 48.7 Å². The highest BCUT2D eigenvalue weighted by Crippen LogP contribution is 2.37. The van der Waals surface area contributed by atoms with Gasteiger partial charge in [-0.2, -0.15) is 5.10 Å². The molecule has 1 atom stereocenters. The van der Waals surface area contributed by atoms with Crippen LogP contribution in [0.1, 0.15) is 25.5 Å². The summed E-state index contributed by atoms with van der Waals surface area (Å²) in [6, 6.07) is 13.8. The highest BCUT2D eigenvalue weighted by Gasteiger charge is 2.21. The molecule has 1 fully saturated rings. The SMILES string of the molecule is Oc1c(-c2ccnn2C2CCCCO2)ccc2ccccc12. The Labute approximate surface area is 129 Å². The molecule has 0 radical (unpaired) electrons. The summed E-state index contributed by atoms with van der Waals surface area (Å²) in [7, 11) is 0. The van der Waals surface area contributed by atoms with Gasteiger partial charge in [0.1, 0.15) is 5.75 Å². The van der Waals surface area contributed by atoms with Gasteiger partial charge in [0, 0.05) is 23.8 Å². The first-order valence-corrected chi connectivity index (χ1v) is 7.71. The van der Waals surface area contributed by atoms with E-state index in [1.165, 1.54) is 0 Å². The molecule has 1 aromatic heterocycles. The number of phenols is 1. The summed E-state index contributed by atoms with van der Waals surface area (Å²) in [5.41, 5.74) is 1.69. The molecule has 1 saturated heterocycles. The van der Waals surface area contributed by atoms with Crippen LogP contribution in [0.3, 0.4) is 0 Å². The van der Waals surface area contributed by atoms with Gasteiger partial charge in [0.05, 0.1) is 5.69 Å². The van der Waals surface area contributed by atoms with Gasteiger partial charge in [0.2, 0.25) is 0 Å². The quantitative estimate of drug-likeness (QED) is 0.773. The lowest BCUT2D eigenvalue weighted by Gasteiger charge is -2.24. The Hall–Kier alpha value is -2.33. The fraction of sp³-hybridized carbons (Fsp3) is 0.278. The first-order valence-electron chi connectivity index (χ1n) is 7.71. The molecular formula is C18H18N2O2. The van der Waals surface area contributed by atoms with E-state index in [1.807, 2.05) is 47.1 Å². The lowest BCUT2D eigenvalue weighted by atomic mass is 10.0. The van der Waals surface area contributed by atoms with Gasteiger partial charge in [0.15, 0.2) is 6.23 Å². The van der Waals surface area contributed by atoms with E-state index in [2.05, 4.69) is 5.10 Å². The van der Waals surface area contributed by atoms with Gasteiger partial charge in [-0.3, -0.25) is 0 Å². The number of benzene rings is 2. The Kier molecular flexibility index (Phi) is 3.31. The van der Waals surface area contributed by atoms with Gasteiger partial charge in [-0.25, -0.2) is 4.68 Å². The molecule has 4 heteroatoms. The second-order valence-corrected chi connectivity index (χ2v) is 5.67. The van der Waals surface area contributed by atoms with Crippen LogP contribution in [0.5, 0.6) is 5.75 Å². The van der Waals surface area contributed by atoms with Crippen molar-refractivity contribution < 1.29 is 9.84 Å². The fourth-order valence-electron chi connectivity index (χ4n) is 3.14. The van der Waals surface area contributed by atoms with E-state index >= 15 is 0 Å². The van der Waals surface area contributed by atoms with Crippen LogP contribution in [0.4, 0.5) is 0 Å². The minimum atomic E-state index is -0.0374. The van der Waals surface area contributed by atoms with E-state index in [4.69, 9.17) is 4.74 Å². The molecule has 0 saturated carbocycles. The summed E-state index contributed by atoms with van der Waals surface area (Å²) in [6.07, 6.45) is 4.94. The third-order valence-corrected chi connectivity index (χ3v) is 4.28. The molecular weight excluding hydrogens is 276 g/mol.